The van der Waals surface area contributed by atoms with Crippen molar-refractivity contribution in [3.05, 3.63) is 70.1 Å². The van der Waals surface area contributed by atoms with Gasteiger partial charge in [0.05, 0.1) is 12.0 Å². The number of carbonyl (C=O) groups excluding carboxylic acids is 1. The second kappa shape index (κ2) is 7.65. The molecule has 0 radical (unpaired) electrons. The lowest BCUT2D eigenvalue weighted by Crippen LogP contribution is -2.10. The van der Waals surface area contributed by atoms with Gasteiger partial charge in [0.25, 0.3) is 11.6 Å². The van der Waals surface area contributed by atoms with Crippen LogP contribution in [0.2, 0.25) is 0 Å². The summed E-state index contributed by atoms with van der Waals surface area (Å²) in [6, 6.07) is 12.4. The number of methoxy groups -OCH3 is 1. The van der Waals surface area contributed by atoms with Crippen LogP contribution in [0.3, 0.4) is 0 Å². The van der Waals surface area contributed by atoms with Crippen molar-refractivity contribution in [2.75, 3.05) is 7.11 Å². The van der Waals surface area contributed by atoms with Crippen molar-refractivity contribution >= 4 is 11.7 Å². The van der Waals surface area contributed by atoms with Crippen LogP contribution >= 0.6 is 0 Å². The van der Waals surface area contributed by atoms with Crippen molar-refractivity contribution in [3.63, 3.8) is 0 Å². The zero-order chi connectivity index (χ0) is 19.4. The number of benzene rings is 2. The van der Waals surface area contributed by atoms with Crippen LogP contribution < -0.4 is 4.74 Å². The summed E-state index contributed by atoms with van der Waals surface area (Å²) in [5.41, 5.74) is 0.752. The number of non-ortho nitro benzene ring substituents is 1. The van der Waals surface area contributed by atoms with Crippen LogP contribution in [0, 0.1) is 10.1 Å². The number of nitro groups is 1. The van der Waals surface area contributed by atoms with Gasteiger partial charge in [0.15, 0.2) is 6.10 Å². The van der Waals surface area contributed by atoms with Gasteiger partial charge in [0, 0.05) is 17.7 Å². The highest BCUT2D eigenvalue weighted by Gasteiger charge is 2.22. The third kappa shape index (κ3) is 3.92. The number of nitro benzene ring substituents is 1. The first kappa shape index (κ1) is 18.1. The lowest BCUT2D eigenvalue weighted by atomic mass is 10.2. The average Bonchev–Trinajstić information content (AvgIpc) is 3.18. The summed E-state index contributed by atoms with van der Waals surface area (Å²) in [6.07, 6.45) is -0.790. The number of rotatable bonds is 6. The number of hydrogen-bond acceptors (Lipinski definition) is 8. The molecule has 0 saturated carbocycles. The molecule has 138 valence electrons. The smallest absolute Gasteiger partial charge is 0.342 e. The van der Waals surface area contributed by atoms with E-state index in [1.54, 1.807) is 31.2 Å². The fourth-order valence-electron chi connectivity index (χ4n) is 2.33. The van der Waals surface area contributed by atoms with Crippen LogP contribution in [0.1, 0.15) is 29.3 Å². The highest BCUT2D eigenvalue weighted by molar-refractivity contribution is 5.92. The molecule has 3 rings (SSSR count). The van der Waals surface area contributed by atoms with Crippen LogP contribution in [0.25, 0.3) is 11.5 Å². The highest BCUT2D eigenvalue weighted by Crippen LogP contribution is 2.26. The molecular weight excluding hydrogens is 354 g/mol. The molecular formula is C18H15N3O6. The maximum Gasteiger partial charge on any atom is 0.342 e. The van der Waals surface area contributed by atoms with Crippen molar-refractivity contribution in [1.82, 2.24) is 10.2 Å². The first-order chi connectivity index (χ1) is 13.0. The summed E-state index contributed by atoms with van der Waals surface area (Å²) in [5.74, 6) is 0.0773. The van der Waals surface area contributed by atoms with Gasteiger partial charge in [-0.2, -0.15) is 0 Å². The standard InChI is InChI=1S/C18H15N3O6/c1-11(26-18(22)14-5-3-4-6-15(14)25-2)16-19-20-17(27-16)12-7-9-13(10-8-12)21(23)24/h3-11H,1-2H3. The van der Waals surface area contributed by atoms with E-state index >= 15 is 0 Å². The first-order valence-corrected chi connectivity index (χ1v) is 7.92. The van der Waals surface area contributed by atoms with Gasteiger partial charge in [0.2, 0.25) is 5.89 Å². The second-order valence-corrected chi connectivity index (χ2v) is 5.50. The molecule has 0 spiro atoms. The molecule has 0 bridgehead atoms. The number of ether oxygens (including phenoxy) is 2. The van der Waals surface area contributed by atoms with Crippen LogP contribution in [-0.2, 0) is 4.74 Å². The predicted molar refractivity (Wildman–Crippen MR) is 93.2 cm³/mol. The van der Waals surface area contributed by atoms with Crippen molar-refractivity contribution in [1.29, 1.82) is 0 Å². The van der Waals surface area contributed by atoms with E-state index in [-0.39, 0.29) is 23.0 Å². The Labute approximate surface area is 153 Å². The molecule has 3 aromatic rings. The molecule has 0 aliphatic heterocycles. The molecule has 0 amide bonds. The second-order valence-electron chi connectivity index (χ2n) is 5.50. The van der Waals surface area contributed by atoms with Crippen molar-refractivity contribution < 1.29 is 23.6 Å². The molecule has 27 heavy (non-hydrogen) atoms. The normalized spacial score (nSPS) is 11.6. The average molecular weight is 369 g/mol. The molecule has 1 atom stereocenters. The predicted octanol–water partition coefficient (Wildman–Crippen LogP) is 3.57. The third-order valence-corrected chi connectivity index (χ3v) is 3.72. The maximum atomic E-state index is 12.3. The van der Waals surface area contributed by atoms with E-state index < -0.39 is 17.0 Å². The summed E-state index contributed by atoms with van der Waals surface area (Å²) in [4.78, 5) is 22.5. The molecule has 0 aliphatic carbocycles. The monoisotopic (exact) mass is 369 g/mol. The van der Waals surface area contributed by atoms with Gasteiger partial charge >= 0.3 is 5.97 Å². The number of nitrogens with zero attached hydrogens (tertiary/aromatic N) is 3. The van der Waals surface area contributed by atoms with E-state index in [2.05, 4.69) is 10.2 Å². The van der Waals surface area contributed by atoms with Crippen molar-refractivity contribution in [2.45, 2.75) is 13.0 Å². The topological polar surface area (TPSA) is 118 Å². The summed E-state index contributed by atoms with van der Waals surface area (Å²) in [6.45, 7) is 1.60. The Morgan fingerprint density at radius 3 is 2.52 bits per heavy atom. The SMILES string of the molecule is COc1ccccc1C(=O)OC(C)c1nnc(-c2ccc([N+](=O)[O-])cc2)o1. The Kier molecular flexibility index (Phi) is 5.11. The Bertz CT molecular complexity index is 967. The van der Waals surface area contributed by atoms with Crippen LogP contribution in [0.15, 0.2) is 52.9 Å². The Balaban J connectivity index is 1.74. The molecule has 0 saturated heterocycles. The van der Waals surface area contributed by atoms with Gasteiger partial charge in [-0.3, -0.25) is 10.1 Å². The number of carbonyl (C=O) groups is 1. The zero-order valence-electron chi connectivity index (χ0n) is 14.5. The third-order valence-electron chi connectivity index (χ3n) is 3.72. The highest BCUT2D eigenvalue weighted by atomic mass is 16.6. The quantitative estimate of drug-likeness (QED) is 0.368. The van der Waals surface area contributed by atoms with E-state index in [4.69, 9.17) is 13.9 Å². The lowest BCUT2D eigenvalue weighted by Gasteiger charge is -2.11. The molecule has 9 nitrogen and oxygen atoms in total. The van der Waals surface area contributed by atoms with E-state index in [1.807, 2.05) is 0 Å². The zero-order valence-corrected chi connectivity index (χ0v) is 14.5. The van der Waals surface area contributed by atoms with Gasteiger partial charge in [-0.15, -0.1) is 10.2 Å². The van der Waals surface area contributed by atoms with Crippen LogP contribution in [-0.4, -0.2) is 28.2 Å². The Hall–Kier alpha value is -3.75. The summed E-state index contributed by atoms with van der Waals surface area (Å²) in [5, 5.41) is 18.5. The number of para-hydroxylation sites is 1. The summed E-state index contributed by atoms with van der Waals surface area (Å²) >= 11 is 0. The molecule has 0 N–H and O–H groups in total. The van der Waals surface area contributed by atoms with E-state index in [0.29, 0.717) is 11.3 Å². The molecule has 1 aromatic heterocycles. The molecule has 9 heteroatoms. The van der Waals surface area contributed by atoms with Gasteiger partial charge in [-0.25, -0.2) is 4.79 Å². The molecule has 1 heterocycles. The minimum absolute atomic E-state index is 0.0439. The van der Waals surface area contributed by atoms with Gasteiger partial charge in [-0.1, -0.05) is 12.1 Å². The minimum Gasteiger partial charge on any atom is -0.496 e. The van der Waals surface area contributed by atoms with Gasteiger partial charge in [-0.05, 0) is 31.2 Å². The fourth-order valence-corrected chi connectivity index (χ4v) is 2.33. The molecule has 0 fully saturated rings. The maximum absolute atomic E-state index is 12.3. The van der Waals surface area contributed by atoms with E-state index in [0.717, 1.165) is 0 Å². The number of hydrogen-bond donors (Lipinski definition) is 0. The Morgan fingerprint density at radius 2 is 1.85 bits per heavy atom. The van der Waals surface area contributed by atoms with Gasteiger partial charge < -0.3 is 13.9 Å². The van der Waals surface area contributed by atoms with Gasteiger partial charge in [0.1, 0.15) is 11.3 Å². The Morgan fingerprint density at radius 1 is 1.15 bits per heavy atom. The summed E-state index contributed by atoms with van der Waals surface area (Å²) in [7, 11) is 1.46. The molecule has 2 aromatic carbocycles. The molecule has 1 unspecified atom stereocenters. The van der Waals surface area contributed by atoms with Crippen molar-refractivity contribution in [3.8, 4) is 17.2 Å². The van der Waals surface area contributed by atoms with E-state index in [9.17, 15) is 14.9 Å². The number of esters is 1. The van der Waals surface area contributed by atoms with Crippen LogP contribution in [0.4, 0.5) is 5.69 Å². The lowest BCUT2D eigenvalue weighted by molar-refractivity contribution is -0.384. The number of aromatic nitrogens is 2. The van der Waals surface area contributed by atoms with E-state index in [1.165, 1.54) is 31.4 Å². The summed E-state index contributed by atoms with van der Waals surface area (Å²) < 4.78 is 16.0. The largest absolute Gasteiger partial charge is 0.496 e. The minimum atomic E-state index is -0.790. The first-order valence-electron chi connectivity index (χ1n) is 7.92. The fraction of sp³-hybridized carbons (Fsp3) is 0.167. The van der Waals surface area contributed by atoms with Crippen LogP contribution in [0.5, 0.6) is 5.75 Å². The molecule has 0 aliphatic rings. The van der Waals surface area contributed by atoms with Crippen molar-refractivity contribution in [2.24, 2.45) is 0 Å².